The highest BCUT2D eigenvalue weighted by Gasteiger charge is 2.44. The lowest BCUT2D eigenvalue weighted by molar-refractivity contribution is -0.305. The van der Waals surface area contributed by atoms with E-state index in [0.717, 1.165) is 38.5 Å². The molecule has 0 aromatic heterocycles. The van der Waals surface area contributed by atoms with Gasteiger partial charge in [-0.05, 0) is 12.8 Å². The fourth-order valence-electron chi connectivity index (χ4n) is 7.66. The lowest BCUT2D eigenvalue weighted by Gasteiger charge is -2.39. The van der Waals surface area contributed by atoms with Crippen molar-refractivity contribution in [3.63, 3.8) is 0 Å². The molecule has 1 saturated heterocycles. The number of ether oxygens (including phenoxy) is 4. The van der Waals surface area contributed by atoms with Crippen molar-refractivity contribution in [1.29, 1.82) is 0 Å². The molecule has 1 heterocycles. The molecular weight excluding hydrogens is 725 g/mol. The molecule has 0 aromatic rings. The van der Waals surface area contributed by atoms with Gasteiger partial charge in [0, 0.05) is 12.8 Å². The summed E-state index contributed by atoms with van der Waals surface area (Å²) in [7, 11) is 0. The summed E-state index contributed by atoms with van der Waals surface area (Å²) in [5.74, 6) is -0.789. The average molecular weight is 815 g/mol. The molecule has 0 aliphatic carbocycles. The van der Waals surface area contributed by atoms with Crippen LogP contribution < -0.4 is 0 Å². The smallest absolute Gasteiger partial charge is 0.306 e. The maximum Gasteiger partial charge on any atom is 0.306 e. The highest BCUT2D eigenvalue weighted by molar-refractivity contribution is 5.70. The van der Waals surface area contributed by atoms with Crippen molar-refractivity contribution >= 4 is 11.9 Å². The molecule has 57 heavy (non-hydrogen) atoms. The molecule has 0 bridgehead atoms. The first-order valence-corrected chi connectivity index (χ1v) is 24.1. The number of rotatable bonds is 41. The number of carbonyl (C=O) groups is 2. The predicted octanol–water partition coefficient (Wildman–Crippen LogP) is 10.6. The zero-order chi connectivity index (χ0) is 41.6. The largest absolute Gasteiger partial charge is 0.462 e. The van der Waals surface area contributed by atoms with Crippen LogP contribution in [0.4, 0.5) is 0 Å². The third kappa shape index (κ3) is 30.4. The summed E-state index contributed by atoms with van der Waals surface area (Å²) in [5.41, 5.74) is 0. The van der Waals surface area contributed by atoms with Gasteiger partial charge >= 0.3 is 11.9 Å². The highest BCUT2D eigenvalue weighted by Crippen LogP contribution is 2.23. The van der Waals surface area contributed by atoms with Crippen molar-refractivity contribution in [3.8, 4) is 0 Å². The maximum atomic E-state index is 12.8. The fraction of sp³-hybridized carbons (Fsp3) is 0.957. The van der Waals surface area contributed by atoms with Gasteiger partial charge in [0.2, 0.25) is 0 Å². The molecule has 0 amide bonds. The molecule has 6 atom stereocenters. The van der Waals surface area contributed by atoms with Crippen molar-refractivity contribution in [2.75, 3.05) is 19.8 Å². The molecule has 338 valence electrons. The van der Waals surface area contributed by atoms with Gasteiger partial charge < -0.3 is 39.4 Å². The second-order valence-corrected chi connectivity index (χ2v) is 16.9. The maximum absolute atomic E-state index is 12.8. The summed E-state index contributed by atoms with van der Waals surface area (Å²) in [6, 6.07) is 0. The first kappa shape index (κ1) is 53.7. The Morgan fingerprint density at radius 1 is 0.474 bits per heavy atom. The van der Waals surface area contributed by atoms with E-state index in [-0.39, 0.29) is 32.0 Å². The van der Waals surface area contributed by atoms with Crippen LogP contribution in [0.5, 0.6) is 0 Å². The van der Waals surface area contributed by atoms with Gasteiger partial charge in [-0.1, -0.05) is 206 Å². The molecule has 1 rings (SSSR count). The molecular formula is C47H90O10. The Morgan fingerprint density at radius 2 is 0.825 bits per heavy atom. The highest BCUT2D eigenvalue weighted by atomic mass is 16.7. The quantitative estimate of drug-likeness (QED) is 0.0347. The molecule has 1 fully saturated rings. The van der Waals surface area contributed by atoms with E-state index in [1.54, 1.807) is 0 Å². The SMILES string of the molecule is CCCCCCCCCCCCCCCCCCCCC(=O)O[C@H](COC(=O)CCCCCCCCCCCCCCCC)CO[C@@H]1O[C@H](CO)[C@H](O)C(O)C1O. The normalized spacial score (nSPS) is 20.1. The van der Waals surface area contributed by atoms with Gasteiger partial charge in [-0.15, -0.1) is 0 Å². The number of hydrogen-bond acceptors (Lipinski definition) is 10. The Labute approximate surface area is 348 Å². The van der Waals surface area contributed by atoms with Crippen molar-refractivity contribution in [3.05, 3.63) is 0 Å². The Balaban J connectivity index is 2.27. The predicted molar refractivity (Wildman–Crippen MR) is 229 cm³/mol. The molecule has 2 unspecified atom stereocenters. The molecule has 4 N–H and O–H groups in total. The topological polar surface area (TPSA) is 152 Å². The monoisotopic (exact) mass is 815 g/mol. The number of hydrogen-bond donors (Lipinski definition) is 4. The summed E-state index contributed by atoms with van der Waals surface area (Å²) < 4.78 is 22.2. The molecule has 1 aliphatic rings. The van der Waals surface area contributed by atoms with E-state index in [9.17, 15) is 30.0 Å². The summed E-state index contributed by atoms with van der Waals surface area (Å²) in [6.07, 6.45) is 32.5. The average Bonchev–Trinajstić information content (AvgIpc) is 3.21. The van der Waals surface area contributed by atoms with E-state index in [1.807, 2.05) is 0 Å². The van der Waals surface area contributed by atoms with Crippen molar-refractivity contribution in [1.82, 2.24) is 0 Å². The van der Waals surface area contributed by atoms with Crippen LogP contribution >= 0.6 is 0 Å². The van der Waals surface area contributed by atoms with Gasteiger partial charge in [-0.25, -0.2) is 0 Å². The minimum atomic E-state index is -1.59. The van der Waals surface area contributed by atoms with Crippen LogP contribution in [-0.4, -0.2) is 89.0 Å². The summed E-state index contributed by atoms with van der Waals surface area (Å²) in [6.45, 7) is 3.46. The third-order valence-electron chi connectivity index (χ3n) is 11.5. The van der Waals surface area contributed by atoms with Crippen molar-refractivity contribution in [2.45, 2.75) is 269 Å². The van der Waals surface area contributed by atoms with Crippen LogP contribution in [0.2, 0.25) is 0 Å². The first-order valence-electron chi connectivity index (χ1n) is 24.1. The van der Waals surface area contributed by atoms with E-state index in [4.69, 9.17) is 18.9 Å². The lowest BCUT2D eigenvalue weighted by Crippen LogP contribution is -2.59. The lowest BCUT2D eigenvalue weighted by atomic mass is 9.99. The Kier molecular flexibility index (Phi) is 36.6. The van der Waals surface area contributed by atoms with Crippen LogP contribution in [0, 0.1) is 0 Å². The van der Waals surface area contributed by atoms with Gasteiger partial charge in [-0.2, -0.15) is 0 Å². The summed E-state index contributed by atoms with van der Waals surface area (Å²) in [4.78, 5) is 25.4. The minimum absolute atomic E-state index is 0.209. The van der Waals surface area contributed by atoms with Gasteiger partial charge in [0.1, 0.15) is 31.0 Å². The summed E-state index contributed by atoms with van der Waals surface area (Å²) >= 11 is 0. The molecule has 0 aromatic carbocycles. The number of esters is 2. The standard InChI is InChI=1S/C47H90O10/c1-3-5-7-9-11-13-15-17-19-20-21-22-24-26-28-30-32-34-36-43(50)56-40(39-55-47-46(53)45(52)44(51)41(37-48)57-47)38-54-42(49)35-33-31-29-27-25-23-18-16-14-12-10-8-6-4-2/h40-41,44-48,51-53H,3-39H2,1-2H3/t40-,41-,44+,45?,46?,47-/m1/s1. The van der Waals surface area contributed by atoms with Gasteiger partial charge in [0.05, 0.1) is 13.2 Å². The molecule has 0 saturated carbocycles. The van der Waals surface area contributed by atoms with Crippen LogP contribution in [0.15, 0.2) is 0 Å². The van der Waals surface area contributed by atoms with E-state index in [0.29, 0.717) is 6.42 Å². The van der Waals surface area contributed by atoms with Crippen molar-refractivity contribution in [2.24, 2.45) is 0 Å². The van der Waals surface area contributed by atoms with E-state index >= 15 is 0 Å². The number of aliphatic hydroxyl groups excluding tert-OH is 4. The molecule has 10 nitrogen and oxygen atoms in total. The van der Waals surface area contributed by atoms with Crippen LogP contribution in [-0.2, 0) is 28.5 Å². The van der Waals surface area contributed by atoms with Crippen LogP contribution in [0.25, 0.3) is 0 Å². The van der Waals surface area contributed by atoms with E-state index < -0.39 is 49.4 Å². The molecule has 1 aliphatic heterocycles. The zero-order valence-electron chi connectivity index (χ0n) is 36.9. The summed E-state index contributed by atoms with van der Waals surface area (Å²) in [5, 5.41) is 40.1. The van der Waals surface area contributed by atoms with Gasteiger partial charge in [0.15, 0.2) is 12.4 Å². The third-order valence-corrected chi connectivity index (χ3v) is 11.5. The van der Waals surface area contributed by atoms with Crippen LogP contribution in [0.1, 0.15) is 232 Å². The second kappa shape index (κ2) is 38.9. The van der Waals surface area contributed by atoms with E-state index in [1.165, 1.54) is 161 Å². The number of aliphatic hydroxyl groups is 4. The molecule has 10 heteroatoms. The van der Waals surface area contributed by atoms with Gasteiger partial charge in [0.25, 0.3) is 0 Å². The Morgan fingerprint density at radius 3 is 1.19 bits per heavy atom. The Hall–Kier alpha value is -1.30. The number of unbranched alkanes of at least 4 members (excludes halogenated alkanes) is 30. The van der Waals surface area contributed by atoms with Crippen molar-refractivity contribution < 1.29 is 49.0 Å². The van der Waals surface area contributed by atoms with Gasteiger partial charge in [-0.3, -0.25) is 9.59 Å². The Bertz CT molecular complexity index is 901. The fourth-order valence-corrected chi connectivity index (χ4v) is 7.66. The first-order chi connectivity index (χ1) is 27.8. The second-order valence-electron chi connectivity index (χ2n) is 16.9. The molecule has 0 radical (unpaired) electrons. The number of carbonyl (C=O) groups excluding carboxylic acids is 2. The van der Waals surface area contributed by atoms with Crippen LogP contribution in [0.3, 0.4) is 0 Å². The van der Waals surface area contributed by atoms with E-state index in [2.05, 4.69) is 13.8 Å². The minimum Gasteiger partial charge on any atom is -0.462 e. The zero-order valence-corrected chi connectivity index (χ0v) is 36.9. The molecule has 0 spiro atoms.